The monoisotopic (exact) mass is 247 g/mol. The Bertz CT molecular complexity index is 530. The van der Waals surface area contributed by atoms with Gasteiger partial charge in [-0.25, -0.2) is 0 Å². The smallest absolute Gasteiger partial charge is 0.0381 e. The van der Waals surface area contributed by atoms with Crippen LogP contribution in [0.2, 0.25) is 0 Å². The fourth-order valence-electron chi connectivity index (χ4n) is 1.32. The summed E-state index contributed by atoms with van der Waals surface area (Å²) >= 11 is 3.40. The summed E-state index contributed by atoms with van der Waals surface area (Å²) in [5.74, 6) is 0. The van der Waals surface area contributed by atoms with Gasteiger partial charge >= 0.3 is 0 Å². The molecule has 0 aromatic heterocycles. The van der Waals surface area contributed by atoms with Gasteiger partial charge in [0.1, 0.15) is 0 Å². The lowest BCUT2D eigenvalue weighted by Gasteiger charge is -1.99. The van der Waals surface area contributed by atoms with Crippen molar-refractivity contribution in [3.63, 3.8) is 0 Å². The Labute approximate surface area is 89.1 Å². The molecule has 0 heterocycles. The van der Waals surface area contributed by atoms with Crippen molar-refractivity contribution in [3.05, 3.63) is 51.3 Å². The Morgan fingerprint density at radius 3 is 2.57 bits per heavy atom. The topological polar surface area (TPSA) is 48.8 Å². The van der Waals surface area contributed by atoms with Crippen LogP contribution in [-0.2, 0) is 0 Å². The highest BCUT2D eigenvalue weighted by Crippen LogP contribution is 2.24. The molecule has 68 valence electrons. The second-order valence-electron chi connectivity index (χ2n) is 2.87. The number of hydrogen-bond acceptors (Lipinski definition) is 1. The summed E-state index contributed by atoms with van der Waals surface area (Å²) in [7, 11) is 0. The summed E-state index contributed by atoms with van der Waals surface area (Å²) in [6, 6.07) is 11.6. The molecule has 0 bridgehead atoms. The second-order valence-corrected chi connectivity index (χ2v) is 3.78. The van der Waals surface area contributed by atoms with E-state index in [4.69, 9.17) is 5.53 Å². The molecule has 0 fully saturated rings. The molecule has 0 N–H and O–H groups in total. The Balaban J connectivity index is 2.67. The van der Waals surface area contributed by atoms with Crippen LogP contribution >= 0.6 is 15.9 Å². The average molecular weight is 248 g/mol. The number of rotatable bonds is 1. The quantitative estimate of drug-likeness (QED) is 0.404. The van der Waals surface area contributed by atoms with E-state index in [1.165, 1.54) is 0 Å². The first kappa shape index (κ1) is 9.06. The van der Waals surface area contributed by atoms with E-state index in [2.05, 4.69) is 26.0 Å². The predicted molar refractivity (Wildman–Crippen MR) is 60.5 cm³/mol. The van der Waals surface area contributed by atoms with Crippen molar-refractivity contribution < 1.29 is 0 Å². The van der Waals surface area contributed by atoms with E-state index in [-0.39, 0.29) is 0 Å². The molecule has 2 aromatic carbocycles. The zero-order valence-electron chi connectivity index (χ0n) is 7.18. The number of hydrogen-bond donors (Lipinski definition) is 0. The first-order valence-corrected chi connectivity index (χ1v) is 4.83. The number of azide groups is 1. The Hall–Kier alpha value is -1.51. The minimum atomic E-state index is 0.641. The van der Waals surface area contributed by atoms with Gasteiger partial charge in [-0.05, 0) is 34.5 Å². The summed E-state index contributed by atoms with van der Waals surface area (Å²) < 4.78 is 1.04. The third-order valence-corrected chi connectivity index (χ3v) is 2.44. The molecule has 3 nitrogen and oxygen atoms in total. The molecule has 0 saturated carbocycles. The lowest BCUT2D eigenvalue weighted by atomic mass is 10.1. The van der Waals surface area contributed by atoms with Crippen LogP contribution in [-0.4, -0.2) is 0 Å². The molecule has 0 atom stereocenters. The minimum absolute atomic E-state index is 0.641. The van der Waals surface area contributed by atoms with E-state index in [0.29, 0.717) is 5.69 Å². The largest absolute Gasteiger partial charge is 0.0608 e. The Morgan fingerprint density at radius 2 is 1.79 bits per heavy atom. The summed E-state index contributed by atoms with van der Waals surface area (Å²) in [5, 5.41) is 5.74. The highest BCUT2D eigenvalue weighted by molar-refractivity contribution is 9.10. The molecule has 2 aromatic rings. The van der Waals surface area contributed by atoms with Crippen molar-refractivity contribution >= 4 is 32.4 Å². The summed E-state index contributed by atoms with van der Waals surface area (Å²) in [4.78, 5) is 2.75. The standard InChI is InChI=1S/C10H6BrN3/c11-9-3-1-8-6-10(13-14-12)4-2-7(8)5-9/h1-6H. The first-order chi connectivity index (χ1) is 6.79. The average Bonchev–Trinajstić information content (AvgIpc) is 2.19. The number of nitrogens with zero attached hydrogens (tertiary/aromatic N) is 3. The SMILES string of the molecule is [N-]=[N+]=Nc1ccc2cc(Br)ccc2c1. The predicted octanol–water partition coefficient (Wildman–Crippen LogP) is 4.54. The van der Waals surface area contributed by atoms with Crippen LogP contribution in [0.25, 0.3) is 21.2 Å². The van der Waals surface area contributed by atoms with Crippen LogP contribution in [0.5, 0.6) is 0 Å². The van der Waals surface area contributed by atoms with Gasteiger partial charge in [0, 0.05) is 15.1 Å². The van der Waals surface area contributed by atoms with E-state index >= 15 is 0 Å². The molecule has 14 heavy (non-hydrogen) atoms. The highest BCUT2D eigenvalue weighted by Gasteiger charge is 1.95. The van der Waals surface area contributed by atoms with Crippen LogP contribution in [0, 0.1) is 0 Å². The van der Waals surface area contributed by atoms with Gasteiger partial charge in [-0.15, -0.1) is 0 Å². The van der Waals surface area contributed by atoms with E-state index in [1.807, 2.05) is 30.3 Å². The number of halogens is 1. The molecule has 0 radical (unpaired) electrons. The third kappa shape index (κ3) is 1.71. The maximum atomic E-state index is 8.29. The summed E-state index contributed by atoms with van der Waals surface area (Å²) in [6.07, 6.45) is 0. The van der Waals surface area contributed by atoms with Gasteiger partial charge in [0.15, 0.2) is 0 Å². The van der Waals surface area contributed by atoms with Crippen molar-refractivity contribution in [3.8, 4) is 0 Å². The van der Waals surface area contributed by atoms with Crippen molar-refractivity contribution in [2.45, 2.75) is 0 Å². The Kier molecular flexibility index (Phi) is 2.39. The molecule has 0 spiro atoms. The number of fused-ring (bicyclic) bond motifs is 1. The lowest BCUT2D eigenvalue weighted by Crippen LogP contribution is -1.71. The van der Waals surface area contributed by atoms with Crippen LogP contribution in [0.15, 0.2) is 46.0 Å². The molecule has 0 amide bonds. The number of benzene rings is 2. The van der Waals surface area contributed by atoms with Crippen LogP contribution in [0.4, 0.5) is 5.69 Å². The molecule has 2 rings (SSSR count). The molecule has 0 aliphatic rings. The summed E-state index contributed by atoms with van der Waals surface area (Å²) in [5.41, 5.74) is 8.93. The van der Waals surface area contributed by atoms with Gasteiger partial charge in [-0.1, -0.05) is 39.2 Å². The van der Waals surface area contributed by atoms with Gasteiger partial charge in [0.2, 0.25) is 0 Å². The van der Waals surface area contributed by atoms with Crippen molar-refractivity contribution in [2.75, 3.05) is 0 Å². The fraction of sp³-hybridized carbons (Fsp3) is 0. The molecular formula is C10H6BrN3. The van der Waals surface area contributed by atoms with Gasteiger partial charge < -0.3 is 0 Å². The van der Waals surface area contributed by atoms with Crippen LogP contribution in [0.3, 0.4) is 0 Å². The lowest BCUT2D eigenvalue weighted by molar-refractivity contribution is 1.50. The Morgan fingerprint density at radius 1 is 1.07 bits per heavy atom. The van der Waals surface area contributed by atoms with E-state index < -0.39 is 0 Å². The van der Waals surface area contributed by atoms with Crippen molar-refractivity contribution in [1.82, 2.24) is 0 Å². The van der Waals surface area contributed by atoms with E-state index in [9.17, 15) is 0 Å². The van der Waals surface area contributed by atoms with Crippen molar-refractivity contribution in [2.24, 2.45) is 5.11 Å². The van der Waals surface area contributed by atoms with E-state index in [1.54, 1.807) is 6.07 Å². The van der Waals surface area contributed by atoms with Gasteiger partial charge in [0.25, 0.3) is 0 Å². The molecular weight excluding hydrogens is 242 g/mol. The van der Waals surface area contributed by atoms with E-state index in [0.717, 1.165) is 15.2 Å². The second kappa shape index (κ2) is 3.70. The molecule has 0 unspecified atom stereocenters. The van der Waals surface area contributed by atoms with Crippen LogP contribution < -0.4 is 0 Å². The zero-order chi connectivity index (χ0) is 9.97. The van der Waals surface area contributed by atoms with Crippen molar-refractivity contribution in [1.29, 1.82) is 0 Å². The maximum Gasteiger partial charge on any atom is 0.0381 e. The zero-order valence-corrected chi connectivity index (χ0v) is 8.77. The maximum absolute atomic E-state index is 8.29. The first-order valence-electron chi connectivity index (χ1n) is 4.04. The fourth-order valence-corrected chi connectivity index (χ4v) is 1.70. The van der Waals surface area contributed by atoms with Gasteiger partial charge in [0.05, 0.1) is 0 Å². The van der Waals surface area contributed by atoms with Gasteiger partial charge in [-0.3, -0.25) is 0 Å². The minimum Gasteiger partial charge on any atom is -0.0608 e. The molecule has 0 aliphatic heterocycles. The molecule has 0 aliphatic carbocycles. The normalized spacial score (nSPS) is 9.79. The molecule has 4 heteroatoms. The third-order valence-electron chi connectivity index (χ3n) is 1.95. The van der Waals surface area contributed by atoms with Gasteiger partial charge in [-0.2, -0.15) is 0 Å². The highest BCUT2D eigenvalue weighted by atomic mass is 79.9. The molecule has 0 saturated heterocycles. The van der Waals surface area contributed by atoms with Crippen LogP contribution in [0.1, 0.15) is 0 Å². The summed E-state index contributed by atoms with van der Waals surface area (Å²) in [6.45, 7) is 0.